The van der Waals surface area contributed by atoms with Gasteiger partial charge in [0.15, 0.2) is 0 Å². The van der Waals surface area contributed by atoms with Crippen LogP contribution >= 0.6 is 0 Å². The van der Waals surface area contributed by atoms with Gasteiger partial charge in [0.25, 0.3) is 11.5 Å². The lowest BCUT2D eigenvalue weighted by atomic mass is 10.1. The van der Waals surface area contributed by atoms with Gasteiger partial charge in [-0.2, -0.15) is 10.2 Å². The molecule has 1 aliphatic rings. The Bertz CT molecular complexity index is 1310. The molecule has 0 aliphatic carbocycles. The second kappa shape index (κ2) is 9.06. The van der Waals surface area contributed by atoms with Crippen molar-refractivity contribution in [3.63, 3.8) is 0 Å². The number of nitrogens with zero attached hydrogens (tertiary/aromatic N) is 4. The van der Waals surface area contributed by atoms with Crippen molar-refractivity contribution in [3.05, 3.63) is 75.2 Å². The second-order valence-corrected chi connectivity index (χ2v) is 7.96. The number of likely N-dealkylation sites (tertiary alicyclic amines) is 1. The van der Waals surface area contributed by atoms with Crippen LogP contribution < -0.4 is 10.3 Å². The molecule has 7 heteroatoms. The number of pyridine rings is 1. The molecule has 1 fully saturated rings. The zero-order chi connectivity index (χ0) is 22.7. The van der Waals surface area contributed by atoms with Crippen molar-refractivity contribution in [2.24, 2.45) is 0 Å². The summed E-state index contributed by atoms with van der Waals surface area (Å²) in [6, 6.07) is 12.9. The van der Waals surface area contributed by atoms with E-state index in [1.165, 1.54) is 10.5 Å². The minimum absolute atomic E-state index is 0.0624. The molecule has 3 heterocycles. The first kappa shape index (κ1) is 21.3. The molecule has 4 rings (SSSR count). The largest absolute Gasteiger partial charge is 0.438 e. The van der Waals surface area contributed by atoms with Gasteiger partial charge in [0.05, 0.1) is 0 Å². The summed E-state index contributed by atoms with van der Waals surface area (Å²) < 4.78 is 7.43. The third kappa shape index (κ3) is 4.26. The van der Waals surface area contributed by atoms with E-state index in [1.807, 2.05) is 38.1 Å². The van der Waals surface area contributed by atoms with Crippen LogP contribution in [0.15, 0.2) is 53.0 Å². The number of hydrogen-bond donors (Lipinski definition) is 0. The van der Waals surface area contributed by atoms with Gasteiger partial charge in [0, 0.05) is 19.3 Å². The smallest absolute Gasteiger partial charge is 0.269 e. The van der Waals surface area contributed by atoms with Crippen molar-refractivity contribution in [1.82, 2.24) is 14.3 Å². The third-order valence-corrected chi connectivity index (χ3v) is 5.55. The maximum absolute atomic E-state index is 13.3. The summed E-state index contributed by atoms with van der Waals surface area (Å²) in [6.07, 6.45) is 5.79. The molecule has 3 aromatic rings. The number of piperidine rings is 1. The molecule has 2 aromatic heterocycles. The Morgan fingerprint density at radius 2 is 1.94 bits per heavy atom. The quantitative estimate of drug-likeness (QED) is 0.463. The number of carbonyl (C=O) groups excluding carboxylic acids is 1. The van der Waals surface area contributed by atoms with E-state index in [4.69, 9.17) is 4.74 Å². The third-order valence-electron chi connectivity index (χ3n) is 5.55. The lowest BCUT2D eigenvalue weighted by molar-refractivity contribution is -0.127. The Hall–Kier alpha value is -3.92. The van der Waals surface area contributed by atoms with Gasteiger partial charge < -0.3 is 9.64 Å². The summed E-state index contributed by atoms with van der Waals surface area (Å²) >= 11 is 0. The topological polar surface area (TPSA) is 87.7 Å². The first-order chi connectivity index (χ1) is 15.5. The molecule has 7 nitrogen and oxygen atoms in total. The normalized spacial score (nSPS) is 14.3. The van der Waals surface area contributed by atoms with E-state index in [-0.39, 0.29) is 22.9 Å². The maximum atomic E-state index is 13.3. The fourth-order valence-electron chi connectivity index (χ4n) is 3.86. The number of aryl methyl sites for hydroxylation is 2. The van der Waals surface area contributed by atoms with Gasteiger partial charge in [-0.15, -0.1) is 0 Å². The van der Waals surface area contributed by atoms with Crippen molar-refractivity contribution in [1.29, 1.82) is 5.26 Å². The van der Waals surface area contributed by atoms with Crippen molar-refractivity contribution >= 4 is 17.6 Å². The molecule has 1 amide bonds. The molecule has 1 aliphatic heterocycles. The van der Waals surface area contributed by atoms with Gasteiger partial charge in [0.2, 0.25) is 5.88 Å². The fourth-order valence-corrected chi connectivity index (χ4v) is 3.86. The Morgan fingerprint density at radius 3 is 2.66 bits per heavy atom. The number of carbonyl (C=O) groups is 1. The van der Waals surface area contributed by atoms with Gasteiger partial charge in [-0.1, -0.05) is 23.8 Å². The van der Waals surface area contributed by atoms with E-state index in [2.05, 4.69) is 4.98 Å². The first-order valence-electron chi connectivity index (χ1n) is 10.7. The molecular weight excluding hydrogens is 404 g/mol. The standard InChI is InChI=1S/C25H24N4O3/c1-17-9-10-21(18(2)14-17)32-23-20(25(31)29-13-7-4-8-22(29)27-23)15-19(16-26)24(30)28-11-5-3-6-12-28/h4,7-10,13-15H,3,5-6,11-12H2,1-2H3. The summed E-state index contributed by atoms with van der Waals surface area (Å²) in [5.41, 5.74) is 1.94. The summed E-state index contributed by atoms with van der Waals surface area (Å²) in [5.74, 6) is 0.243. The molecule has 0 atom stereocenters. The van der Waals surface area contributed by atoms with Crippen molar-refractivity contribution in [3.8, 4) is 17.7 Å². The Labute approximate surface area is 186 Å². The minimum atomic E-state index is -0.408. The second-order valence-electron chi connectivity index (χ2n) is 7.96. The monoisotopic (exact) mass is 428 g/mol. The molecule has 0 bridgehead atoms. The summed E-state index contributed by atoms with van der Waals surface area (Å²) in [5, 5.41) is 9.71. The molecule has 1 saturated heterocycles. The molecule has 0 N–H and O–H groups in total. The molecular formula is C25H24N4O3. The predicted octanol–water partition coefficient (Wildman–Crippen LogP) is 4.02. The predicted molar refractivity (Wildman–Crippen MR) is 121 cm³/mol. The Kier molecular flexibility index (Phi) is 6.04. The van der Waals surface area contributed by atoms with Crippen LogP contribution in [0, 0.1) is 25.2 Å². The van der Waals surface area contributed by atoms with E-state index in [0.29, 0.717) is 24.5 Å². The first-order valence-corrected chi connectivity index (χ1v) is 10.7. The van der Waals surface area contributed by atoms with E-state index in [0.717, 1.165) is 30.4 Å². The number of ether oxygens (including phenoxy) is 1. The molecule has 1 aromatic carbocycles. The molecule has 0 saturated carbocycles. The van der Waals surface area contributed by atoms with Crippen LogP contribution in [0.25, 0.3) is 11.7 Å². The highest BCUT2D eigenvalue weighted by atomic mass is 16.5. The zero-order valence-corrected chi connectivity index (χ0v) is 18.2. The Balaban J connectivity index is 1.84. The molecule has 0 radical (unpaired) electrons. The van der Waals surface area contributed by atoms with Crippen molar-refractivity contribution < 1.29 is 9.53 Å². The number of aromatic nitrogens is 2. The zero-order valence-electron chi connectivity index (χ0n) is 18.2. The molecule has 0 unspecified atom stereocenters. The lowest BCUT2D eigenvalue weighted by Gasteiger charge is -2.26. The molecule has 32 heavy (non-hydrogen) atoms. The number of benzene rings is 1. The maximum Gasteiger partial charge on any atom is 0.269 e. The summed E-state index contributed by atoms with van der Waals surface area (Å²) in [7, 11) is 0. The van der Waals surface area contributed by atoms with Crippen LogP contribution in [0.5, 0.6) is 11.6 Å². The number of amides is 1. The highest BCUT2D eigenvalue weighted by Crippen LogP contribution is 2.27. The average Bonchev–Trinajstić information content (AvgIpc) is 2.81. The molecule has 0 spiro atoms. The van der Waals surface area contributed by atoms with Gasteiger partial charge in [-0.3, -0.25) is 14.0 Å². The lowest BCUT2D eigenvalue weighted by Crippen LogP contribution is -2.36. The van der Waals surface area contributed by atoms with Gasteiger partial charge >= 0.3 is 0 Å². The van der Waals surface area contributed by atoms with Crippen LogP contribution in [0.2, 0.25) is 0 Å². The fraction of sp³-hybridized carbons (Fsp3) is 0.280. The number of rotatable bonds is 4. The van der Waals surface area contributed by atoms with Gasteiger partial charge in [-0.05, 0) is 62.9 Å². The van der Waals surface area contributed by atoms with E-state index in [9.17, 15) is 14.9 Å². The number of fused-ring (bicyclic) bond motifs is 1. The van der Waals surface area contributed by atoms with E-state index in [1.54, 1.807) is 29.3 Å². The van der Waals surface area contributed by atoms with Gasteiger partial charge in [0.1, 0.15) is 28.6 Å². The van der Waals surface area contributed by atoms with Crippen LogP contribution in [-0.4, -0.2) is 33.3 Å². The van der Waals surface area contributed by atoms with Crippen molar-refractivity contribution in [2.45, 2.75) is 33.1 Å². The average molecular weight is 428 g/mol. The molecule has 162 valence electrons. The van der Waals surface area contributed by atoms with Crippen molar-refractivity contribution in [2.75, 3.05) is 13.1 Å². The highest BCUT2D eigenvalue weighted by Gasteiger charge is 2.22. The highest BCUT2D eigenvalue weighted by molar-refractivity contribution is 6.02. The summed E-state index contributed by atoms with van der Waals surface area (Å²) in [6.45, 7) is 5.11. The Morgan fingerprint density at radius 1 is 1.16 bits per heavy atom. The summed E-state index contributed by atoms with van der Waals surface area (Å²) in [4.78, 5) is 32.4. The number of hydrogen-bond acceptors (Lipinski definition) is 5. The van der Waals surface area contributed by atoms with Crippen LogP contribution in [0.3, 0.4) is 0 Å². The SMILES string of the molecule is Cc1ccc(Oc2nc3ccccn3c(=O)c2C=C(C#N)C(=O)N2CCCCC2)c(C)c1. The minimum Gasteiger partial charge on any atom is -0.438 e. The van der Waals surface area contributed by atoms with Crippen LogP contribution in [-0.2, 0) is 4.79 Å². The van der Waals surface area contributed by atoms with Crippen LogP contribution in [0.1, 0.15) is 36.0 Å². The van der Waals surface area contributed by atoms with E-state index >= 15 is 0 Å². The number of nitriles is 1. The van der Waals surface area contributed by atoms with Gasteiger partial charge in [-0.25, -0.2) is 0 Å². The van der Waals surface area contributed by atoms with E-state index < -0.39 is 5.56 Å². The van der Waals surface area contributed by atoms with Crippen LogP contribution in [0.4, 0.5) is 0 Å².